The van der Waals surface area contributed by atoms with Crippen LogP contribution in [0.2, 0.25) is 0 Å². The molecular formula is C15H19N3O. The highest BCUT2D eigenvalue weighted by Crippen LogP contribution is 2.27. The molecule has 1 fully saturated rings. The Bertz CT molecular complexity index is 496. The summed E-state index contributed by atoms with van der Waals surface area (Å²) in [5.41, 5.74) is 0.542. The van der Waals surface area contributed by atoms with Gasteiger partial charge in [-0.05, 0) is 31.4 Å². The lowest BCUT2D eigenvalue weighted by Crippen LogP contribution is -2.47. The van der Waals surface area contributed by atoms with Crippen LogP contribution in [0.25, 0.3) is 0 Å². The number of nitrogens with zero attached hydrogens (tertiary/aromatic N) is 2. The molecule has 1 aliphatic carbocycles. The minimum atomic E-state index is -0.711. The van der Waals surface area contributed by atoms with Gasteiger partial charge < -0.3 is 5.32 Å². The SMILES string of the molecule is Cc1cccnc1C(=O)NC1(C#N)CCCCCC1. The van der Waals surface area contributed by atoms with E-state index in [1.165, 1.54) is 0 Å². The predicted octanol–water partition coefficient (Wildman–Crippen LogP) is 2.74. The first-order chi connectivity index (χ1) is 9.17. The fourth-order valence-electron chi connectivity index (χ4n) is 2.60. The number of nitriles is 1. The minimum Gasteiger partial charge on any atom is -0.332 e. The Hall–Kier alpha value is -1.89. The van der Waals surface area contributed by atoms with Crippen LogP contribution in [0.5, 0.6) is 0 Å². The number of nitrogens with one attached hydrogen (secondary N) is 1. The van der Waals surface area contributed by atoms with E-state index < -0.39 is 5.54 Å². The van der Waals surface area contributed by atoms with Crippen molar-refractivity contribution >= 4 is 5.91 Å². The van der Waals surface area contributed by atoms with E-state index in [0.717, 1.165) is 44.1 Å². The summed E-state index contributed by atoms with van der Waals surface area (Å²) in [7, 11) is 0. The molecular weight excluding hydrogens is 238 g/mol. The zero-order chi connectivity index (χ0) is 13.7. The number of amides is 1. The van der Waals surface area contributed by atoms with Gasteiger partial charge in [-0.1, -0.05) is 31.7 Å². The van der Waals surface area contributed by atoms with Gasteiger partial charge in [0.25, 0.3) is 5.91 Å². The second-order valence-corrected chi connectivity index (χ2v) is 5.23. The minimum absolute atomic E-state index is 0.235. The van der Waals surface area contributed by atoms with E-state index in [1.54, 1.807) is 12.3 Å². The van der Waals surface area contributed by atoms with Gasteiger partial charge in [0.05, 0.1) is 6.07 Å². The molecule has 1 heterocycles. The van der Waals surface area contributed by atoms with Crippen molar-refractivity contribution in [3.05, 3.63) is 29.6 Å². The number of aryl methyl sites for hydroxylation is 1. The highest BCUT2D eigenvalue weighted by atomic mass is 16.2. The molecule has 19 heavy (non-hydrogen) atoms. The highest BCUT2D eigenvalue weighted by molar-refractivity contribution is 5.94. The first kappa shape index (κ1) is 13.5. The summed E-state index contributed by atoms with van der Waals surface area (Å²) in [5, 5.41) is 12.4. The summed E-state index contributed by atoms with van der Waals surface area (Å²) in [6, 6.07) is 5.98. The van der Waals surface area contributed by atoms with E-state index in [-0.39, 0.29) is 5.91 Å². The van der Waals surface area contributed by atoms with Gasteiger partial charge in [0.1, 0.15) is 11.2 Å². The monoisotopic (exact) mass is 257 g/mol. The Morgan fingerprint density at radius 3 is 2.63 bits per heavy atom. The van der Waals surface area contributed by atoms with Crippen LogP contribution in [0.15, 0.2) is 18.3 Å². The van der Waals surface area contributed by atoms with E-state index in [9.17, 15) is 10.1 Å². The van der Waals surface area contributed by atoms with Crippen molar-refractivity contribution in [2.45, 2.75) is 51.0 Å². The van der Waals surface area contributed by atoms with Crippen LogP contribution in [0.1, 0.15) is 54.6 Å². The summed E-state index contributed by atoms with van der Waals surface area (Å²) in [5.74, 6) is -0.235. The average Bonchev–Trinajstić information content (AvgIpc) is 2.65. The molecule has 1 aromatic rings. The van der Waals surface area contributed by atoms with Crippen LogP contribution in [0.3, 0.4) is 0 Å². The molecule has 1 saturated carbocycles. The summed E-state index contributed by atoms with van der Waals surface area (Å²) in [6.07, 6.45) is 7.35. The lowest BCUT2D eigenvalue weighted by molar-refractivity contribution is 0.0907. The van der Waals surface area contributed by atoms with Crippen molar-refractivity contribution in [1.82, 2.24) is 10.3 Å². The number of carbonyl (C=O) groups excluding carboxylic acids is 1. The first-order valence-electron chi connectivity index (χ1n) is 6.82. The highest BCUT2D eigenvalue weighted by Gasteiger charge is 2.33. The Morgan fingerprint density at radius 2 is 2.05 bits per heavy atom. The van der Waals surface area contributed by atoms with E-state index in [4.69, 9.17) is 0 Å². The van der Waals surface area contributed by atoms with Gasteiger partial charge in [-0.25, -0.2) is 0 Å². The molecule has 4 nitrogen and oxygen atoms in total. The molecule has 0 bridgehead atoms. The zero-order valence-electron chi connectivity index (χ0n) is 11.3. The van der Waals surface area contributed by atoms with Crippen LogP contribution >= 0.6 is 0 Å². The predicted molar refractivity (Wildman–Crippen MR) is 72.5 cm³/mol. The Labute approximate surface area is 113 Å². The van der Waals surface area contributed by atoms with Gasteiger partial charge in [0.2, 0.25) is 0 Å². The molecule has 0 aliphatic heterocycles. The maximum Gasteiger partial charge on any atom is 0.271 e. The van der Waals surface area contributed by atoms with Gasteiger partial charge in [0, 0.05) is 6.20 Å². The maximum absolute atomic E-state index is 12.3. The smallest absolute Gasteiger partial charge is 0.271 e. The third-order valence-electron chi connectivity index (χ3n) is 3.75. The lowest BCUT2D eigenvalue weighted by Gasteiger charge is -2.26. The van der Waals surface area contributed by atoms with Crippen LogP contribution < -0.4 is 5.32 Å². The molecule has 2 rings (SSSR count). The van der Waals surface area contributed by atoms with E-state index in [0.29, 0.717) is 5.69 Å². The first-order valence-corrected chi connectivity index (χ1v) is 6.82. The molecule has 0 unspecified atom stereocenters. The molecule has 0 atom stereocenters. The number of pyridine rings is 1. The molecule has 0 spiro atoms. The van der Waals surface area contributed by atoms with Gasteiger partial charge in [-0.2, -0.15) is 5.26 Å². The van der Waals surface area contributed by atoms with Crippen LogP contribution in [-0.2, 0) is 0 Å². The maximum atomic E-state index is 12.3. The van der Waals surface area contributed by atoms with Gasteiger partial charge in [0.15, 0.2) is 0 Å². The summed E-state index contributed by atoms with van der Waals surface area (Å²) >= 11 is 0. The molecule has 1 N–H and O–H groups in total. The lowest BCUT2D eigenvalue weighted by atomic mass is 9.91. The number of rotatable bonds is 2. The van der Waals surface area contributed by atoms with Gasteiger partial charge in [-0.15, -0.1) is 0 Å². The van der Waals surface area contributed by atoms with Crippen molar-refractivity contribution in [2.24, 2.45) is 0 Å². The Kier molecular flexibility index (Phi) is 4.16. The normalized spacial score (nSPS) is 18.1. The average molecular weight is 257 g/mol. The van der Waals surface area contributed by atoms with Crippen molar-refractivity contribution in [3.8, 4) is 6.07 Å². The van der Waals surface area contributed by atoms with E-state index in [1.807, 2.05) is 13.0 Å². The Morgan fingerprint density at radius 1 is 1.37 bits per heavy atom. The standard InChI is InChI=1S/C15H19N3O/c1-12-7-6-10-17-13(12)14(19)18-15(11-16)8-4-2-3-5-9-15/h6-7,10H,2-5,8-9H2,1H3,(H,18,19). The topological polar surface area (TPSA) is 65.8 Å². The molecule has 0 aromatic carbocycles. The fraction of sp³-hybridized carbons (Fsp3) is 0.533. The van der Waals surface area contributed by atoms with E-state index >= 15 is 0 Å². The van der Waals surface area contributed by atoms with Crippen molar-refractivity contribution in [2.75, 3.05) is 0 Å². The molecule has 0 radical (unpaired) electrons. The quantitative estimate of drug-likeness (QED) is 0.828. The number of hydrogen-bond acceptors (Lipinski definition) is 3. The van der Waals surface area contributed by atoms with Crippen molar-refractivity contribution in [3.63, 3.8) is 0 Å². The van der Waals surface area contributed by atoms with Crippen molar-refractivity contribution in [1.29, 1.82) is 5.26 Å². The fourth-order valence-corrected chi connectivity index (χ4v) is 2.60. The van der Waals surface area contributed by atoms with Crippen LogP contribution in [0, 0.1) is 18.3 Å². The van der Waals surface area contributed by atoms with Gasteiger partial charge >= 0.3 is 0 Å². The molecule has 4 heteroatoms. The molecule has 1 aliphatic rings. The summed E-state index contributed by atoms with van der Waals surface area (Å²) in [6.45, 7) is 1.86. The Balaban J connectivity index is 2.17. The second-order valence-electron chi connectivity index (χ2n) is 5.23. The largest absolute Gasteiger partial charge is 0.332 e. The van der Waals surface area contributed by atoms with E-state index in [2.05, 4.69) is 16.4 Å². The molecule has 1 aromatic heterocycles. The van der Waals surface area contributed by atoms with Crippen LogP contribution in [0.4, 0.5) is 0 Å². The summed E-state index contributed by atoms with van der Waals surface area (Å²) < 4.78 is 0. The third-order valence-corrected chi connectivity index (χ3v) is 3.75. The molecule has 100 valence electrons. The molecule has 0 saturated heterocycles. The number of hydrogen-bond donors (Lipinski definition) is 1. The number of carbonyl (C=O) groups is 1. The van der Waals surface area contributed by atoms with Gasteiger partial charge in [-0.3, -0.25) is 9.78 Å². The summed E-state index contributed by atoms with van der Waals surface area (Å²) in [4.78, 5) is 16.4. The molecule has 1 amide bonds. The van der Waals surface area contributed by atoms with Crippen molar-refractivity contribution < 1.29 is 4.79 Å². The van der Waals surface area contributed by atoms with Crippen LogP contribution in [-0.4, -0.2) is 16.4 Å². The second kappa shape index (κ2) is 5.83. The zero-order valence-corrected chi connectivity index (χ0v) is 11.3. The number of aromatic nitrogens is 1. The third kappa shape index (κ3) is 3.11.